The van der Waals surface area contributed by atoms with E-state index in [0.717, 1.165) is 0 Å². The molecular weight excluding hydrogens is 456 g/mol. The van der Waals surface area contributed by atoms with E-state index < -0.39 is 27.4 Å². The van der Waals surface area contributed by atoms with E-state index in [9.17, 15) is 29.8 Å². The van der Waals surface area contributed by atoms with Crippen molar-refractivity contribution >= 4 is 34.8 Å². The van der Waals surface area contributed by atoms with Crippen LogP contribution in [-0.2, 0) is 0 Å². The predicted molar refractivity (Wildman–Crippen MR) is 130 cm³/mol. The summed E-state index contributed by atoms with van der Waals surface area (Å²) in [5.41, 5.74) is -0.108. The summed E-state index contributed by atoms with van der Waals surface area (Å²) in [6, 6.07) is 9.93. The Morgan fingerprint density at radius 2 is 1.26 bits per heavy atom. The number of nitro benzene ring substituents is 2. The Labute approximate surface area is 201 Å². The van der Waals surface area contributed by atoms with Crippen molar-refractivity contribution in [2.75, 3.05) is 10.6 Å². The molecule has 1 aliphatic carbocycles. The molecule has 1 saturated carbocycles. The Morgan fingerprint density at radius 1 is 0.800 bits per heavy atom. The van der Waals surface area contributed by atoms with Crippen LogP contribution in [0.2, 0.25) is 0 Å². The molecule has 1 aliphatic rings. The van der Waals surface area contributed by atoms with Gasteiger partial charge in [-0.05, 0) is 55.9 Å². The van der Waals surface area contributed by atoms with Crippen LogP contribution in [0.1, 0.15) is 40.0 Å². The topological polar surface area (TPSA) is 169 Å². The number of benzene rings is 2. The van der Waals surface area contributed by atoms with Crippen molar-refractivity contribution in [3.05, 3.63) is 68.8 Å². The van der Waals surface area contributed by atoms with E-state index in [4.69, 9.17) is 0 Å². The Bertz CT molecular complexity index is 1120. The summed E-state index contributed by atoms with van der Waals surface area (Å²) in [5.74, 6) is 0. The number of hydrogen-bond donors (Lipinski definition) is 4. The Hall–Kier alpha value is -4.22. The average Bonchev–Trinajstić information content (AvgIpc) is 2.72. The van der Waals surface area contributed by atoms with Crippen LogP contribution in [0.3, 0.4) is 0 Å². The van der Waals surface area contributed by atoms with Gasteiger partial charge in [0.25, 0.3) is 11.4 Å². The van der Waals surface area contributed by atoms with E-state index in [1.165, 1.54) is 48.5 Å². The summed E-state index contributed by atoms with van der Waals surface area (Å²) in [7, 11) is 0. The third kappa shape index (κ3) is 7.13. The first-order valence-corrected chi connectivity index (χ1v) is 11.0. The second kappa shape index (κ2) is 9.95. The number of urea groups is 2. The molecule has 0 unspecified atom stereocenters. The van der Waals surface area contributed by atoms with Crippen molar-refractivity contribution in [1.29, 1.82) is 0 Å². The SMILES string of the molecule is CC1(C)C[C@@H](NC(=O)Nc2ccc([N+](=O)[O-])cc2)C[C@@](C)(NC(=O)Nc2ccc([N+](=O)[O-])cc2)C1. The average molecular weight is 485 g/mol. The molecule has 186 valence electrons. The molecule has 3 rings (SSSR count). The summed E-state index contributed by atoms with van der Waals surface area (Å²) in [4.78, 5) is 45.8. The number of carbonyl (C=O) groups excluding carboxylic acids is 2. The van der Waals surface area contributed by atoms with Gasteiger partial charge < -0.3 is 21.3 Å². The number of non-ortho nitro benzene ring substituents is 2. The molecule has 35 heavy (non-hydrogen) atoms. The maximum atomic E-state index is 12.7. The van der Waals surface area contributed by atoms with Gasteiger partial charge in [0.15, 0.2) is 0 Å². The van der Waals surface area contributed by atoms with Gasteiger partial charge in [0.1, 0.15) is 0 Å². The third-order valence-corrected chi connectivity index (χ3v) is 5.79. The van der Waals surface area contributed by atoms with Crippen molar-refractivity contribution < 1.29 is 19.4 Å². The number of nitrogens with one attached hydrogen (secondary N) is 4. The second-order valence-corrected chi connectivity index (χ2v) is 9.79. The van der Waals surface area contributed by atoms with Gasteiger partial charge in [-0.3, -0.25) is 20.2 Å². The molecule has 0 saturated heterocycles. The van der Waals surface area contributed by atoms with Crippen LogP contribution in [0.4, 0.5) is 32.3 Å². The van der Waals surface area contributed by atoms with Crippen LogP contribution >= 0.6 is 0 Å². The molecule has 2 atom stereocenters. The Kier molecular flexibility index (Phi) is 7.22. The van der Waals surface area contributed by atoms with Gasteiger partial charge in [-0.2, -0.15) is 0 Å². The molecule has 0 heterocycles. The summed E-state index contributed by atoms with van der Waals surface area (Å²) < 4.78 is 0. The standard InChI is InChI=1S/C23H28N6O6/c1-22(2)12-17(26-20(30)24-15-4-8-18(9-5-15)28(32)33)13-23(3,14-22)27-21(31)25-16-6-10-19(11-7-16)29(34)35/h4-11,17H,12-14H2,1-3H3,(H2,24,26,30)(H2,25,27,31)/t17-,23-/m1/s1. The Balaban J connectivity index is 1.60. The zero-order valence-electron chi connectivity index (χ0n) is 19.7. The number of nitro groups is 2. The smallest absolute Gasteiger partial charge is 0.319 e. The number of nitrogens with zero attached hydrogens (tertiary/aromatic N) is 2. The first kappa shape index (κ1) is 25.4. The van der Waals surface area contributed by atoms with Crippen molar-refractivity contribution in [1.82, 2.24) is 10.6 Å². The lowest BCUT2D eigenvalue weighted by molar-refractivity contribution is -0.385. The fourth-order valence-electron chi connectivity index (χ4n) is 4.80. The van der Waals surface area contributed by atoms with Crippen LogP contribution in [0, 0.1) is 25.6 Å². The van der Waals surface area contributed by atoms with Gasteiger partial charge >= 0.3 is 12.1 Å². The minimum Gasteiger partial charge on any atom is -0.335 e. The van der Waals surface area contributed by atoms with E-state index in [-0.39, 0.29) is 22.8 Å². The monoisotopic (exact) mass is 484 g/mol. The number of rotatable bonds is 6. The molecule has 2 aromatic carbocycles. The molecule has 12 heteroatoms. The van der Waals surface area contributed by atoms with Crippen LogP contribution in [-0.4, -0.2) is 33.5 Å². The Morgan fingerprint density at radius 3 is 1.71 bits per heavy atom. The molecule has 0 radical (unpaired) electrons. The van der Waals surface area contributed by atoms with E-state index in [0.29, 0.717) is 30.6 Å². The maximum Gasteiger partial charge on any atom is 0.319 e. The lowest BCUT2D eigenvalue weighted by atomic mass is 9.67. The van der Waals surface area contributed by atoms with Gasteiger partial charge in [0, 0.05) is 47.2 Å². The first-order chi connectivity index (χ1) is 16.3. The summed E-state index contributed by atoms with van der Waals surface area (Å²) in [6.07, 6.45) is 1.86. The highest BCUT2D eigenvalue weighted by molar-refractivity contribution is 5.90. The van der Waals surface area contributed by atoms with Crippen LogP contribution < -0.4 is 21.3 Å². The fourth-order valence-corrected chi connectivity index (χ4v) is 4.80. The molecule has 4 N–H and O–H groups in total. The lowest BCUT2D eigenvalue weighted by Crippen LogP contribution is -2.58. The molecular formula is C23H28N6O6. The van der Waals surface area contributed by atoms with Gasteiger partial charge in [-0.15, -0.1) is 0 Å². The van der Waals surface area contributed by atoms with Gasteiger partial charge in [-0.1, -0.05) is 13.8 Å². The molecule has 0 aromatic heterocycles. The van der Waals surface area contributed by atoms with Crippen molar-refractivity contribution in [3.8, 4) is 0 Å². The zero-order chi connectivity index (χ0) is 25.8. The van der Waals surface area contributed by atoms with Crippen molar-refractivity contribution in [2.45, 2.75) is 51.6 Å². The first-order valence-electron chi connectivity index (χ1n) is 11.0. The predicted octanol–water partition coefficient (Wildman–Crippen LogP) is 4.78. The molecule has 12 nitrogen and oxygen atoms in total. The minimum absolute atomic E-state index is 0.0705. The zero-order valence-corrected chi connectivity index (χ0v) is 19.7. The quantitative estimate of drug-likeness (QED) is 0.340. The fraction of sp³-hybridized carbons (Fsp3) is 0.391. The number of carbonyl (C=O) groups is 2. The maximum absolute atomic E-state index is 12.7. The number of hydrogen-bond acceptors (Lipinski definition) is 6. The number of amides is 4. The van der Waals surface area contributed by atoms with Crippen LogP contribution in [0.15, 0.2) is 48.5 Å². The van der Waals surface area contributed by atoms with Crippen LogP contribution in [0.25, 0.3) is 0 Å². The van der Waals surface area contributed by atoms with Crippen LogP contribution in [0.5, 0.6) is 0 Å². The summed E-state index contributed by atoms with van der Waals surface area (Å²) in [6.45, 7) is 6.03. The minimum atomic E-state index is -0.627. The van der Waals surface area contributed by atoms with Gasteiger partial charge in [0.05, 0.1) is 9.85 Å². The lowest BCUT2D eigenvalue weighted by Gasteiger charge is -2.47. The number of anilines is 2. The van der Waals surface area contributed by atoms with E-state index >= 15 is 0 Å². The third-order valence-electron chi connectivity index (χ3n) is 5.79. The van der Waals surface area contributed by atoms with Crippen molar-refractivity contribution in [2.24, 2.45) is 5.41 Å². The second-order valence-electron chi connectivity index (χ2n) is 9.79. The van der Waals surface area contributed by atoms with Gasteiger partial charge in [-0.25, -0.2) is 9.59 Å². The summed E-state index contributed by atoms with van der Waals surface area (Å²) in [5, 5.41) is 32.9. The molecule has 1 fully saturated rings. The van der Waals surface area contributed by atoms with Crippen molar-refractivity contribution in [3.63, 3.8) is 0 Å². The largest absolute Gasteiger partial charge is 0.335 e. The molecule has 4 amide bonds. The van der Waals surface area contributed by atoms with Gasteiger partial charge in [0.2, 0.25) is 0 Å². The summed E-state index contributed by atoms with van der Waals surface area (Å²) >= 11 is 0. The highest BCUT2D eigenvalue weighted by atomic mass is 16.6. The van der Waals surface area contributed by atoms with E-state index in [1.807, 2.05) is 6.92 Å². The molecule has 2 aromatic rings. The van der Waals surface area contributed by atoms with E-state index in [1.54, 1.807) is 0 Å². The highest BCUT2D eigenvalue weighted by Gasteiger charge is 2.42. The molecule has 0 bridgehead atoms. The molecule has 0 aliphatic heterocycles. The highest BCUT2D eigenvalue weighted by Crippen LogP contribution is 2.41. The normalized spacial score (nSPS) is 20.8. The molecule has 0 spiro atoms. The van der Waals surface area contributed by atoms with E-state index in [2.05, 4.69) is 35.1 Å².